The van der Waals surface area contributed by atoms with Crippen LogP contribution in [0, 0.1) is 5.92 Å². The van der Waals surface area contributed by atoms with Crippen molar-refractivity contribution in [2.75, 3.05) is 13.1 Å². The second-order valence-electron chi connectivity index (χ2n) is 8.23. The molecule has 1 amide bonds. The molecule has 5 rings (SSSR count). The first kappa shape index (κ1) is 15.7. The van der Waals surface area contributed by atoms with Crippen LogP contribution in [0.3, 0.4) is 0 Å². The lowest BCUT2D eigenvalue weighted by Gasteiger charge is -2.39. The molecule has 6 nitrogen and oxygen atoms in total. The third-order valence-electron chi connectivity index (χ3n) is 6.69. The molecule has 2 aliphatic heterocycles. The van der Waals surface area contributed by atoms with Gasteiger partial charge in [-0.25, -0.2) is 5.48 Å². The number of carbonyl (C=O) groups excluding carboxylic acids is 1. The van der Waals surface area contributed by atoms with Gasteiger partial charge in [0.25, 0.3) is 5.91 Å². The molecule has 0 radical (unpaired) electrons. The van der Waals surface area contributed by atoms with Crippen LogP contribution in [-0.2, 0) is 13.0 Å². The van der Waals surface area contributed by atoms with Crippen LogP contribution in [0.1, 0.15) is 53.7 Å². The van der Waals surface area contributed by atoms with Crippen LogP contribution in [0.15, 0.2) is 12.3 Å². The van der Waals surface area contributed by atoms with E-state index >= 15 is 0 Å². The van der Waals surface area contributed by atoms with E-state index in [1.54, 1.807) is 11.7 Å². The zero-order valence-corrected chi connectivity index (χ0v) is 14.5. The first-order chi connectivity index (χ1) is 12.2. The molecule has 2 saturated carbocycles. The van der Waals surface area contributed by atoms with Crippen LogP contribution in [0.4, 0.5) is 0 Å². The summed E-state index contributed by atoms with van der Waals surface area (Å²) in [4.78, 5) is 21.5. The Hall–Kier alpha value is -1.50. The van der Waals surface area contributed by atoms with E-state index in [1.807, 2.05) is 6.07 Å². The largest absolute Gasteiger partial charge is 0.297 e. The van der Waals surface area contributed by atoms with Crippen molar-refractivity contribution in [3.63, 3.8) is 0 Å². The fourth-order valence-electron chi connectivity index (χ4n) is 5.40. The number of nitrogens with zero attached hydrogens (tertiary/aromatic N) is 3. The predicted molar refractivity (Wildman–Crippen MR) is 92.2 cm³/mol. The summed E-state index contributed by atoms with van der Waals surface area (Å²) < 4.78 is 0. The predicted octanol–water partition coefficient (Wildman–Crippen LogP) is 1.57. The molecule has 2 unspecified atom stereocenters. The first-order valence-electron chi connectivity index (χ1n) is 9.65. The van der Waals surface area contributed by atoms with Gasteiger partial charge in [-0.1, -0.05) is 0 Å². The Balaban J connectivity index is 1.31. The molecule has 1 saturated heterocycles. The normalized spacial score (nSPS) is 32.0. The Morgan fingerprint density at radius 2 is 2.12 bits per heavy atom. The summed E-state index contributed by atoms with van der Waals surface area (Å²) in [5.41, 5.74) is 4.36. The smallest absolute Gasteiger partial charge is 0.276 e. The highest BCUT2D eigenvalue weighted by Crippen LogP contribution is 2.48. The van der Waals surface area contributed by atoms with Crippen molar-refractivity contribution in [3.05, 3.63) is 29.1 Å². The van der Waals surface area contributed by atoms with Gasteiger partial charge in [0.2, 0.25) is 0 Å². The molecule has 3 atom stereocenters. The summed E-state index contributed by atoms with van der Waals surface area (Å²) in [6, 6.07) is 4.32. The van der Waals surface area contributed by atoms with E-state index in [2.05, 4.69) is 14.8 Å². The number of likely N-dealkylation sites (tertiary alicyclic amines) is 1. The fraction of sp³-hybridized carbons (Fsp3) is 0.684. The lowest BCUT2D eigenvalue weighted by Crippen LogP contribution is -2.49. The molecule has 3 fully saturated rings. The van der Waals surface area contributed by atoms with Crippen molar-refractivity contribution in [2.24, 2.45) is 5.92 Å². The second kappa shape index (κ2) is 6.04. The van der Waals surface area contributed by atoms with Crippen LogP contribution in [0.2, 0.25) is 0 Å². The van der Waals surface area contributed by atoms with Crippen LogP contribution in [-0.4, -0.2) is 57.1 Å². The van der Waals surface area contributed by atoms with Crippen molar-refractivity contribution >= 4 is 5.91 Å². The summed E-state index contributed by atoms with van der Waals surface area (Å²) in [5, 5.41) is 8.84. The molecule has 6 heteroatoms. The highest BCUT2D eigenvalue weighted by atomic mass is 16.5. The number of carbonyl (C=O) groups is 1. The number of rotatable bonds is 4. The lowest BCUT2D eigenvalue weighted by molar-refractivity contribution is 0.0704. The highest BCUT2D eigenvalue weighted by Gasteiger charge is 2.51. The fourth-order valence-corrected chi connectivity index (χ4v) is 5.40. The standard InChI is InChI=1S/C19H26N4O2/c24-19(21-25)13-7-14-10-22(6-5-17(14)20-9-13)11-18-12-1-2-16(8-12)23(18)15-3-4-15/h7,9,12,15-16,18,25H,1-6,8,10-11H2,(H,21,24)/t12?,16?,18-/m0/s1. The maximum atomic E-state index is 11.6. The minimum atomic E-state index is -0.486. The number of hydrogen-bond acceptors (Lipinski definition) is 5. The van der Waals surface area contributed by atoms with Crippen molar-refractivity contribution in [3.8, 4) is 0 Å². The molecule has 25 heavy (non-hydrogen) atoms. The number of pyridine rings is 1. The Morgan fingerprint density at radius 3 is 2.92 bits per heavy atom. The van der Waals surface area contributed by atoms with E-state index in [4.69, 9.17) is 5.21 Å². The van der Waals surface area contributed by atoms with Crippen molar-refractivity contribution < 1.29 is 10.0 Å². The molecule has 2 N–H and O–H groups in total. The molecule has 0 spiro atoms. The zero-order valence-electron chi connectivity index (χ0n) is 14.5. The van der Waals surface area contributed by atoms with Crippen LogP contribution in [0.25, 0.3) is 0 Å². The van der Waals surface area contributed by atoms with E-state index in [0.717, 1.165) is 61.4 Å². The molecule has 1 aromatic heterocycles. The number of hydroxylamine groups is 1. The third kappa shape index (κ3) is 2.76. The molecule has 134 valence electrons. The van der Waals surface area contributed by atoms with E-state index in [0.29, 0.717) is 5.56 Å². The number of aromatic nitrogens is 1. The molecule has 4 aliphatic rings. The van der Waals surface area contributed by atoms with E-state index in [1.165, 1.54) is 32.1 Å². The Labute approximate surface area is 148 Å². The molecule has 0 aromatic carbocycles. The number of amides is 1. The van der Waals surface area contributed by atoms with Crippen LogP contribution >= 0.6 is 0 Å². The van der Waals surface area contributed by atoms with Gasteiger partial charge in [0, 0.05) is 56.1 Å². The van der Waals surface area contributed by atoms with Gasteiger partial charge in [-0.15, -0.1) is 0 Å². The Morgan fingerprint density at radius 1 is 1.28 bits per heavy atom. The average molecular weight is 342 g/mol. The van der Waals surface area contributed by atoms with Crippen molar-refractivity contribution in [1.82, 2.24) is 20.3 Å². The lowest BCUT2D eigenvalue weighted by atomic mass is 9.96. The summed E-state index contributed by atoms with van der Waals surface area (Å²) in [5.74, 6) is 0.400. The highest BCUT2D eigenvalue weighted by molar-refractivity contribution is 5.93. The van der Waals surface area contributed by atoms with Gasteiger partial charge in [0.1, 0.15) is 0 Å². The van der Waals surface area contributed by atoms with Crippen LogP contribution < -0.4 is 5.48 Å². The van der Waals surface area contributed by atoms with E-state index in [-0.39, 0.29) is 0 Å². The summed E-state index contributed by atoms with van der Waals surface area (Å²) >= 11 is 0. The van der Waals surface area contributed by atoms with Gasteiger partial charge in [0.15, 0.2) is 0 Å². The number of piperidine rings is 1. The van der Waals surface area contributed by atoms with Gasteiger partial charge in [-0.3, -0.25) is 24.8 Å². The molecule has 1 aromatic rings. The monoisotopic (exact) mass is 342 g/mol. The summed E-state index contributed by atoms with van der Waals surface area (Å²) in [7, 11) is 0. The quantitative estimate of drug-likeness (QED) is 0.642. The molecular formula is C19H26N4O2. The zero-order chi connectivity index (χ0) is 17.0. The second-order valence-corrected chi connectivity index (χ2v) is 8.23. The van der Waals surface area contributed by atoms with Gasteiger partial charge in [-0.2, -0.15) is 0 Å². The maximum Gasteiger partial charge on any atom is 0.276 e. The van der Waals surface area contributed by atoms with E-state index in [9.17, 15) is 4.79 Å². The molecule has 2 aliphatic carbocycles. The molecule has 3 heterocycles. The number of fused-ring (bicyclic) bond motifs is 3. The topological polar surface area (TPSA) is 68.7 Å². The van der Waals surface area contributed by atoms with E-state index < -0.39 is 5.91 Å². The minimum Gasteiger partial charge on any atom is -0.297 e. The SMILES string of the molecule is O=C(NO)c1cnc2c(c1)CN(C[C@H]1C3CCC(C3)N1C1CC1)CC2. The van der Waals surface area contributed by atoms with Crippen molar-refractivity contribution in [1.29, 1.82) is 0 Å². The minimum absolute atomic E-state index is 0.433. The van der Waals surface area contributed by atoms with Gasteiger partial charge < -0.3 is 0 Å². The van der Waals surface area contributed by atoms with Gasteiger partial charge in [0.05, 0.1) is 5.56 Å². The Bertz CT molecular complexity index is 690. The number of hydrogen-bond donors (Lipinski definition) is 2. The first-order valence-corrected chi connectivity index (χ1v) is 9.65. The summed E-state index contributed by atoms with van der Waals surface area (Å²) in [6.45, 7) is 3.06. The Kier molecular flexibility index (Phi) is 3.80. The van der Waals surface area contributed by atoms with Crippen molar-refractivity contribution in [2.45, 2.75) is 63.2 Å². The molecular weight excluding hydrogens is 316 g/mol. The number of nitrogens with one attached hydrogen (secondary N) is 1. The van der Waals surface area contributed by atoms with Gasteiger partial charge in [-0.05, 0) is 49.7 Å². The van der Waals surface area contributed by atoms with Crippen LogP contribution in [0.5, 0.6) is 0 Å². The van der Waals surface area contributed by atoms with Gasteiger partial charge >= 0.3 is 0 Å². The maximum absolute atomic E-state index is 11.6. The average Bonchev–Trinajstić information content (AvgIpc) is 3.28. The summed E-state index contributed by atoms with van der Waals surface area (Å²) in [6.07, 6.45) is 9.52. The molecule has 2 bridgehead atoms. The third-order valence-corrected chi connectivity index (χ3v) is 6.69.